The van der Waals surface area contributed by atoms with Crippen molar-refractivity contribution in [1.29, 1.82) is 0 Å². The van der Waals surface area contributed by atoms with Gasteiger partial charge in [0.1, 0.15) is 0 Å². The van der Waals surface area contributed by atoms with E-state index in [4.69, 9.17) is 0 Å². The molecule has 0 fully saturated rings. The summed E-state index contributed by atoms with van der Waals surface area (Å²) in [6.45, 7) is 2.25. The van der Waals surface area contributed by atoms with Gasteiger partial charge in [-0.05, 0) is 0 Å². The van der Waals surface area contributed by atoms with Crippen LogP contribution in [0.1, 0.15) is 0 Å². The molecule has 0 unspecified atom stereocenters. The van der Waals surface area contributed by atoms with E-state index >= 15 is 0 Å². The third kappa shape index (κ3) is 11.4. The van der Waals surface area contributed by atoms with Crippen molar-refractivity contribution in [1.82, 2.24) is 0 Å². The summed E-state index contributed by atoms with van der Waals surface area (Å²) < 4.78 is 0. The highest BCUT2D eigenvalue weighted by molar-refractivity contribution is 8.14. The number of hydrogen-bond acceptors (Lipinski definition) is 0. The normalized spacial score (nSPS) is 9.77. The molecule has 0 bridgehead atoms. The van der Waals surface area contributed by atoms with Crippen LogP contribution >= 0.6 is 0 Å². The maximum absolute atomic E-state index is 2.62. The average molecular weight is 465 g/mol. The Morgan fingerprint density at radius 2 is 0.513 bits per heavy atom. The second-order valence-corrected chi connectivity index (χ2v) is 17.2. The first-order valence-electron chi connectivity index (χ1n) is 17.8. The van der Waals surface area contributed by atoms with Crippen LogP contribution in [0.5, 0.6) is 0 Å². The molecule has 0 spiro atoms. The Kier molecular flexibility index (Phi) is 20.3. The fraction of sp³-hybridized carbons (Fsp3) is 1.00. The summed E-state index contributed by atoms with van der Waals surface area (Å²) in [4.78, 5) is 0. The minimum atomic E-state index is 0.704. The van der Waals surface area contributed by atoms with Crippen LogP contribution < -0.4 is 0 Å². The van der Waals surface area contributed by atoms with Crippen LogP contribution in [-0.2, 0) is 0 Å². The van der Waals surface area contributed by atoms with Gasteiger partial charge in [0.2, 0.25) is 0 Å². The number of hydrogen-bond donors (Lipinski definition) is 0. The third-order valence-electron chi connectivity index (χ3n) is 11.3. The predicted octanol–water partition coefficient (Wildman–Crippen LogP) is -25.1. The van der Waals surface area contributed by atoms with Crippen LogP contribution in [0, 0.1) is 0 Å². The van der Waals surface area contributed by atoms with E-state index < -0.39 is 0 Å². The minimum Gasteiger partial charge on any atom is -0.146 e. The van der Waals surface area contributed by atoms with Gasteiger partial charge in [-0.1, -0.05) is 0 Å². The molecule has 0 aromatic rings. The molecule has 38 heteroatoms. The van der Waals surface area contributed by atoms with Gasteiger partial charge >= 0.3 is 0 Å². The Morgan fingerprint density at radius 1 is 0.308 bits per heavy atom. The second-order valence-electron chi connectivity index (χ2n) is 17.2. The summed E-state index contributed by atoms with van der Waals surface area (Å²) in [5.74, 6) is 0. The monoisotopic (exact) mass is 473 g/mol. The summed E-state index contributed by atoms with van der Waals surface area (Å²) >= 11 is 0. The third-order valence-corrected chi connectivity index (χ3v) is 11.3. The first-order valence-corrected chi connectivity index (χ1v) is 17.8. The van der Waals surface area contributed by atoms with Crippen LogP contribution in [0.2, 0.25) is 5.62 Å². The molecule has 0 amide bonds. The molecule has 0 aliphatic rings. The summed E-state index contributed by atoms with van der Waals surface area (Å²) in [5, 5.41) is 0. The van der Waals surface area contributed by atoms with Crippen molar-refractivity contribution < 1.29 is 0 Å². The van der Waals surface area contributed by atoms with E-state index in [0.717, 1.165) is 57.0 Å². The molecule has 39 heavy (non-hydrogen) atoms. The van der Waals surface area contributed by atoms with Gasteiger partial charge in [-0.25, -0.2) is 0 Å². The van der Waals surface area contributed by atoms with Crippen molar-refractivity contribution in [2.45, 2.75) is 5.62 Å². The topological polar surface area (TPSA) is 0 Å². The second kappa shape index (κ2) is 19.1. The Bertz CT molecular complexity index is 509. The smallest absolute Gasteiger partial charge is 0.0594 e. The van der Waals surface area contributed by atoms with Crippen LogP contribution in [0.25, 0.3) is 0 Å². The van der Waals surface area contributed by atoms with E-state index in [1.807, 2.05) is 0 Å². The highest BCUT2D eigenvalue weighted by atomic mass is 13.7. The lowest BCUT2D eigenvalue weighted by atomic mass is 8.39. The van der Waals surface area contributed by atoms with Crippen LogP contribution in [0.3, 0.4) is 0 Å². The molecule has 0 nitrogen and oxygen atoms in total. The minimum absolute atomic E-state index is 0.704. The van der Waals surface area contributed by atoms with Gasteiger partial charge in [0.15, 0.2) is 0 Å². The Balaban J connectivity index is 8.23. The molecule has 0 aliphatic carbocycles. The quantitative estimate of drug-likeness (QED) is 0.177. The first kappa shape index (κ1) is 41.5. The maximum Gasteiger partial charge on any atom is 0.0594 e. The fourth-order valence-corrected chi connectivity index (χ4v) is 10.7. The summed E-state index contributed by atoms with van der Waals surface area (Å²) in [7, 11) is 52.4. The average Bonchev–Trinajstić information content (AvgIpc) is 2.73. The first-order chi connectivity index (χ1) is 17.8. The molecule has 0 saturated carbocycles. The lowest BCUT2D eigenvalue weighted by Crippen LogP contribution is -2.85. The molecular weight excluding hydrogens is 423 g/mol. The zero-order valence-corrected chi connectivity index (χ0v) is 31.1. The SMILES string of the molecule is BBB(B)B(B(B)B)C(B(B(B(B)B)B(B)B)B(B(B)B)B(B)B)B(B(B(B)B)B(B)B)B(B(B)B)B(B)B. The van der Waals surface area contributed by atoms with Crippen LogP contribution in [0.4, 0.5) is 0 Å². The highest BCUT2D eigenvalue weighted by Gasteiger charge is 2.56. The van der Waals surface area contributed by atoms with Crippen molar-refractivity contribution in [2.24, 2.45) is 0 Å². The molecule has 0 aliphatic heterocycles. The van der Waals surface area contributed by atoms with Crippen molar-refractivity contribution in [3.8, 4) is 0 Å². The van der Waals surface area contributed by atoms with Gasteiger partial charge in [0.05, 0.1) is 155 Å². The Hall–Kier alpha value is 2.47. The van der Waals surface area contributed by atoms with Crippen LogP contribution in [0.15, 0.2) is 0 Å². The molecular formula is CH42B38. The van der Waals surface area contributed by atoms with Gasteiger partial charge in [-0.3, -0.25) is 0 Å². The van der Waals surface area contributed by atoms with Crippen molar-refractivity contribution >= 4 is 271 Å². The highest BCUT2D eigenvalue weighted by Crippen LogP contribution is 2.29. The van der Waals surface area contributed by atoms with Crippen LogP contribution in [-0.4, -0.2) is 271 Å². The van der Waals surface area contributed by atoms with Gasteiger partial charge < -0.3 is 0 Å². The van der Waals surface area contributed by atoms with Crippen molar-refractivity contribution in [2.75, 3.05) is 0 Å². The van der Waals surface area contributed by atoms with E-state index in [9.17, 15) is 0 Å². The molecule has 0 aromatic heterocycles. The van der Waals surface area contributed by atoms with Gasteiger partial charge in [-0.15, -0.1) is 5.62 Å². The molecule has 160 valence electrons. The fourth-order valence-electron chi connectivity index (χ4n) is 10.7. The maximum atomic E-state index is 2.62. The zero-order chi connectivity index (χ0) is 31.1. The molecule has 0 N–H and O–H groups in total. The van der Waals surface area contributed by atoms with Gasteiger partial charge in [0.25, 0.3) is 0 Å². The summed E-state index contributed by atoms with van der Waals surface area (Å²) in [6, 6.07) is 0. The Morgan fingerprint density at radius 3 is 0.641 bits per heavy atom. The molecule has 0 saturated heterocycles. The Labute approximate surface area is 274 Å². The lowest BCUT2D eigenvalue weighted by molar-refractivity contribution is 1.80. The van der Waals surface area contributed by atoms with E-state index in [1.54, 1.807) is 0 Å². The van der Waals surface area contributed by atoms with E-state index in [2.05, 4.69) is 155 Å². The van der Waals surface area contributed by atoms with Crippen molar-refractivity contribution in [3.63, 3.8) is 0 Å². The summed E-state index contributed by atoms with van der Waals surface area (Å²) in [6.07, 6.45) is 10.1. The lowest BCUT2D eigenvalue weighted by Gasteiger charge is -2.54. The van der Waals surface area contributed by atoms with E-state index in [-0.39, 0.29) is 0 Å². The number of rotatable bonds is 18. The van der Waals surface area contributed by atoms with Gasteiger partial charge in [0, 0.05) is 116 Å². The molecule has 0 aromatic carbocycles. The molecule has 0 rings (SSSR count). The standard InChI is InChI=1S/CH42B38/c2-22-35(21)23(26(3)4)1(24(36(27(5)6)28(7)8)37(29(9)10)30(11)12)25(38(31(13)14)32(15)16)39(33(17)18)34(19)20/h1,22H,2-21H2. The summed E-state index contributed by atoms with van der Waals surface area (Å²) in [5.41, 5.74) is 0.745. The molecule has 0 heterocycles. The van der Waals surface area contributed by atoms with E-state index in [1.165, 1.54) is 7.06 Å². The van der Waals surface area contributed by atoms with Gasteiger partial charge in [-0.2, -0.15) is 0 Å². The molecule has 0 atom stereocenters. The molecule has 0 radical (unpaired) electrons. The predicted molar refractivity (Wildman–Crippen MR) is 280 cm³/mol. The van der Waals surface area contributed by atoms with E-state index in [0.29, 0.717) is 57.5 Å². The van der Waals surface area contributed by atoms with Crippen molar-refractivity contribution in [3.05, 3.63) is 0 Å². The zero-order valence-electron chi connectivity index (χ0n) is 31.1. The largest absolute Gasteiger partial charge is 0.146 e.